The van der Waals surface area contributed by atoms with Gasteiger partial charge in [-0.15, -0.1) is 34.0 Å². The molecule has 3 amide bonds. The number of rotatable bonds is 18. The van der Waals surface area contributed by atoms with Crippen LogP contribution in [0.5, 0.6) is 0 Å². The Hall–Kier alpha value is -6.28. The predicted octanol–water partition coefficient (Wildman–Crippen LogP) is 16.8. The van der Waals surface area contributed by atoms with E-state index < -0.39 is 51.4 Å². The molecule has 3 aliphatic heterocycles. The molecule has 9 rings (SSSR count). The number of hydrogen-bond donors (Lipinski definition) is 0. The topological polar surface area (TPSA) is 171 Å². The first kappa shape index (κ1) is 72.0. The van der Waals surface area contributed by atoms with Crippen molar-refractivity contribution in [3.05, 3.63) is 104 Å². The average Bonchev–Trinajstić information content (AvgIpc) is 1.66. The largest absolute Gasteiger partial charge is 0.460 e. The fraction of sp³-hybridized carbons (Fsp3) is 0.600. The van der Waals surface area contributed by atoms with Gasteiger partial charge in [-0.1, -0.05) is 18.2 Å². The summed E-state index contributed by atoms with van der Waals surface area (Å²) in [5, 5.41) is 10.1. The van der Waals surface area contributed by atoms with Crippen LogP contribution >= 0.6 is 34.0 Å². The summed E-state index contributed by atoms with van der Waals surface area (Å²) in [5.41, 5.74) is 2.46. The molecule has 19 heteroatoms. The normalized spacial score (nSPS) is 18.7. The smallest absolute Gasteiger partial charge is 0.410 e. The first-order chi connectivity index (χ1) is 43.7. The number of amides is 3. The quantitative estimate of drug-likeness (QED) is 0.0589. The number of carbonyl (C=O) groups is 6. The zero-order valence-corrected chi connectivity index (χ0v) is 61.4. The van der Waals surface area contributed by atoms with Gasteiger partial charge in [0.2, 0.25) is 0 Å². The molecule has 6 atom stereocenters. The highest BCUT2D eigenvalue weighted by molar-refractivity contribution is 7.18. The van der Waals surface area contributed by atoms with Crippen LogP contribution in [0.25, 0.3) is 30.3 Å². The molecule has 3 fully saturated rings. The van der Waals surface area contributed by atoms with E-state index in [1.807, 2.05) is 125 Å². The van der Waals surface area contributed by atoms with Gasteiger partial charge in [0.1, 0.15) is 33.6 Å². The van der Waals surface area contributed by atoms with Crippen molar-refractivity contribution >= 4 is 100 Å². The molecule has 94 heavy (non-hydrogen) atoms. The SMILES string of the molecule is CC(C)(C)OC(=O)[C@@H](Cc1ccc2scc(CN(Cc3csc4ccc(C[C@H](C(=O)OC(C)(C)C)[C@H]5CCN(C(=O)OC(C)(C)C)C5)cc34)Cc3csc4ccc(C[C@H](C(=O)OC(C)(C)C)[C@H]5CCN(C(=O)OC(C)(C)C)C5)cc34)c2c1)[C@H]1CCN(C(=O)OC(C)(C)C)C1. The summed E-state index contributed by atoms with van der Waals surface area (Å²) < 4.78 is 39.1. The Kier molecular flexibility index (Phi) is 21.8. The summed E-state index contributed by atoms with van der Waals surface area (Å²) in [6.07, 6.45) is 2.16. The van der Waals surface area contributed by atoms with Gasteiger partial charge < -0.3 is 43.1 Å². The maximum Gasteiger partial charge on any atom is 0.410 e. The van der Waals surface area contributed by atoms with E-state index in [1.165, 1.54) is 0 Å². The molecule has 0 radical (unpaired) electrons. The second-order valence-corrected chi connectivity index (χ2v) is 35.1. The summed E-state index contributed by atoms with van der Waals surface area (Å²) in [6.45, 7) is 38.2. The standard InChI is InChI=1S/C75H102N4O12S3/c1-70(2,3)86-64(80)58(49-25-28-77(40-49)67(83)89-73(10,11)12)34-46-19-22-61-55(31-46)52(43-92-61)37-76(38-53-44-93-62-23-20-47(32-56(53)62)35-59(65(81)87-71(4,5)6)50-26-29-78(41-50)68(84)90-74(13,14)15)39-54-45-94-63-24-21-48(33-57(54)63)36-60(66(82)88-72(7,8)9)51-27-30-79(42-51)69(85)91-75(16,17)18/h19-24,31-33,43-45,49-51,58-60H,25-30,34-42H2,1-18H3/t49-,50-,51-,58-,59-,60-/m0/s1. The van der Waals surface area contributed by atoms with Crippen molar-refractivity contribution in [1.82, 2.24) is 19.6 Å². The number of fused-ring (bicyclic) bond motifs is 3. The maximum atomic E-state index is 14.3. The molecule has 3 aromatic heterocycles. The van der Waals surface area contributed by atoms with Gasteiger partial charge in [-0.2, -0.15) is 0 Å². The third kappa shape index (κ3) is 19.7. The highest BCUT2D eigenvalue weighted by Crippen LogP contribution is 2.39. The van der Waals surface area contributed by atoms with Gasteiger partial charge in [0.05, 0.1) is 17.8 Å². The molecule has 0 unspecified atom stereocenters. The lowest BCUT2D eigenvalue weighted by Crippen LogP contribution is -2.38. The van der Waals surface area contributed by atoms with Gasteiger partial charge >= 0.3 is 36.2 Å². The molecule has 0 spiro atoms. The minimum atomic E-state index is -0.701. The lowest BCUT2D eigenvalue weighted by Gasteiger charge is -2.28. The zero-order chi connectivity index (χ0) is 68.6. The number of carbonyl (C=O) groups excluding carboxylic acids is 6. The van der Waals surface area contributed by atoms with Gasteiger partial charge in [0, 0.05) is 73.0 Å². The lowest BCUT2D eigenvalue weighted by molar-refractivity contribution is -0.163. The number of nitrogens with zero attached hydrogens (tertiary/aromatic N) is 4. The third-order valence-corrected chi connectivity index (χ3v) is 20.2. The molecule has 16 nitrogen and oxygen atoms in total. The molecule has 512 valence electrons. The van der Waals surface area contributed by atoms with Crippen LogP contribution in [-0.2, 0) is 81.7 Å². The van der Waals surface area contributed by atoms with Crippen molar-refractivity contribution in [2.75, 3.05) is 39.3 Å². The van der Waals surface area contributed by atoms with E-state index in [0.717, 1.165) is 63.6 Å². The summed E-state index contributed by atoms with van der Waals surface area (Å²) in [6, 6.07) is 19.6. The molecular weight excluding hydrogens is 1250 g/mol. The summed E-state index contributed by atoms with van der Waals surface area (Å²) in [5.74, 6) is -2.68. The minimum absolute atomic E-state index is 0.127. The summed E-state index contributed by atoms with van der Waals surface area (Å²) in [7, 11) is 0. The first-order valence-corrected chi connectivity index (χ1v) is 36.1. The van der Waals surface area contributed by atoms with Gasteiger partial charge in [-0.25, -0.2) is 14.4 Å². The molecule has 6 aromatic rings. The minimum Gasteiger partial charge on any atom is -0.460 e. The van der Waals surface area contributed by atoms with E-state index in [4.69, 9.17) is 28.4 Å². The number of ether oxygens (including phenoxy) is 6. The van der Waals surface area contributed by atoms with Crippen molar-refractivity contribution in [3.8, 4) is 0 Å². The average molecular weight is 1350 g/mol. The Balaban J connectivity index is 1.05. The monoisotopic (exact) mass is 1350 g/mol. The molecular formula is C75H102N4O12S3. The van der Waals surface area contributed by atoms with Crippen LogP contribution in [0.2, 0.25) is 0 Å². The molecule has 0 aliphatic carbocycles. The van der Waals surface area contributed by atoms with Crippen LogP contribution in [0.4, 0.5) is 14.4 Å². The third-order valence-electron chi connectivity index (χ3n) is 17.2. The molecule has 0 N–H and O–H groups in total. The van der Waals surface area contributed by atoms with Gasteiger partial charge in [-0.3, -0.25) is 19.3 Å². The second kappa shape index (κ2) is 28.4. The fourth-order valence-electron chi connectivity index (χ4n) is 13.1. The van der Waals surface area contributed by atoms with Crippen molar-refractivity contribution in [2.45, 2.75) is 216 Å². The highest BCUT2D eigenvalue weighted by atomic mass is 32.1. The first-order valence-electron chi connectivity index (χ1n) is 33.5. The van der Waals surface area contributed by atoms with Crippen LogP contribution in [0.3, 0.4) is 0 Å². The van der Waals surface area contributed by atoms with Crippen LogP contribution < -0.4 is 0 Å². The highest BCUT2D eigenvalue weighted by Gasteiger charge is 2.43. The van der Waals surface area contributed by atoms with E-state index in [0.29, 0.717) is 97.4 Å². The van der Waals surface area contributed by atoms with Crippen molar-refractivity contribution in [3.63, 3.8) is 0 Å². The maximum absolute atomic E-state index is 14.3. The van der Waals surface area contributed by atoms with Crippen LogP contribution in [0, 0.1) is 35.5 Å². The van der Waals surface area contributed by atoms with Crippen LogP contribution in [0.15, 0.2) is 70.7 Å². The molecule has 3 aromatic carbocycles. The van der Waals surface area contributed by atoms with Gasteiger partial charge in [-0.05, 0) is 283 Å². The number of hydrogen-bond acceptors (Lipinski definition) is 16. The number of likely N-dealkylation sites (tertiary alicyclic amines) is 3. The Bertz CT molecular complexity index is 3330. The number of thiophene rings is 3. The molecule has 3 aliphatic rings. The molecule has 3 saturated heterocycles. The Labute approximate surface area is 569 Å². The van der Waals surface area contributed by atoms with Crippen LogP contribution in [-0.4, -0.2) is 129 Å². The van der Waals surface area contributed by atoms with Gasteiger partial charge in [0.25, 0.3) is 0 Å². The van der Waals surface area contributed by atoms with Crippen molar-refractivity contribution < 1.29 is 57.2 Å². The molecule has 0 saturated carbocycles. The molecule has 6 heterocycles. The Morgan fingerprint density at radius 1 is 0.394 bits per heavy atom. The van der Waals surface area contributed by atoms with Crippen molar-refractivity contribution in [2.24, 2.45) is 35.5 Å². The lowest BCUT2D eigenvalue weighted by atomic mass is 9.85. The Morgan fingerprint density at radius 3 is 0.872 bits per heavy atom. The van der Waals surface area contributed by atoms with E-state index in [1.54, 1.807) is 48.7 Å². The summed E-state index contributed by atoms with van der Waals surface area (Å²) >= 11 is 5.10. The van der Waals surface area contributed by atoms with E-state index in [-0.39, 0.29) is 53.9 Å². The van der Waals surface area contributed by atoms with E-state index in [2.05, 4.69) is 75.6 Å². The predicted molar refractivity (Wildman–Crippen MR) is 375 cm³/mol. The zero-order valence-electron chi connectivity index (χ0n) is 58.9. The fourth-order valence-corrected chi connectivity index (χ4v) is 15.9. The van der Waals surface area contributed by atoms with Gasteiger partial charge in [0.15, 0.2) is 0 Å². The number of benzene rings is 3. The van der Waals surface area contributed by atoms with Crippen molar-refractivity contribution in [1.29, 1.82) is 0 Å². The molecule has 0 bridgehead atoms. The Morgan fingerprint density at radius 2 is 0.638 bits per heavy atom. The number of esters is 3. The van der Waals surface area contributed by atoms with E-state index >= 15 is 0 Å². The second-order valence-electron chi connectivity index (χ2n) is 32.4. The van der Waals surface area contributed by atoms with E-state index in [9.17, 15) is 28.8 Å². The van der Waals surface area contributed by atoms with Crippen LogP contribution in [0.1, 0.15) is 177 Å². The summed E-state index contributed by atoms with van der Waals surface area (Å²) in [4.78, 5) is 90.5.